The maximum atomic E-state index is 12.9. The van der Waals surface area contributed by atoms with Crippen LogP contribution in [0.5, 0.6) is 0 Å². The summed E-state index contributed by atoms with van der Waals surface area (Å²) in [5.41, 5.74) is 5.04. The highest BCUT2D eigenvalue weighted by Crippen LogP contribution is 2.14. The van der Waals surface area contributed by atoms with Crippen molar-refractivity contribution in [2.75, 3.05) is 5.32 Å². The van der Waals surface area contributed by atoms with Crippen molar-refractivity contribution in [2.24, 2.45) is 0 Å². The first-order valence-corrected chi connectivity index (χ1v) is 10.3. The lowest BCUT2D eigenvalue weighted by Gasteiger charge is -2.09. The molecule has 0 saturated carbocycles. The number of aryl methyl sites for hydroxylation is 4. The van der Waals surface area contributed by atoms with Crippen molar-refractivity contribution in [1.82, 2.24) is 19.2 Å². The zero-order valence-electron chi connectivity index (χ0n) is 17.9. The van der Waals surface area contributed by atoms with E-state index < -0.39 is 0 Å². The number of carbonyl (C=O) groups excluding carboxylic acids is 1. The minimum atomic E-state index is -0.221. The fraction of sp³-hybridized carbons (Fsp3) is 0.250. The van der Waals surface area contributed by atoms with E-state index in [9.17, 15) is 9.59 Å². The van der Waals surface area contributed by atoms with E-state index in [2.05, 4.69) is 15.5 Å². The molecule has 7 heteroatoms. The summed E-state index contributed by atoms with van der Waals surface area (Å²) in [4.78, 5) is 25.1. The number of aromatic nitrogens is 4. The zero-order valence-corrected chi connectivity index (χ0v) is 17.9. The highest BCUT2D eigenvalue weighted by atomic mass is 16.1. The van der Waals surface area contributed by atoms with Gasteiger partial charge >= 0.3 is 5.56 Å². The molecule has 0 aliphatic heterocycles. The molecule has 0 unspecified atom stereocenters. The third-order valence-electron chi connectivity index (χ3n) is 5.42. The number of benzene rings is 2. The van der Waals surface area contributed by atoms with E-state index in [1.807, 2.05) is 63.2 Å². The Bertz CT molecular complexity index is 1320. The fourth-order valence-corrected chi connectivity index (χ4v) is 3.54. The van der Waals surface area contributed by atoms with Crippen LogP contribution in [0.4, 0.5) is 5.69 Å². The Morgan fingerprint density at radius 3 is 2.61 bits per heavy atom. The van der Waals surface area contributed by atoms with Gasteiger partial charge in [-0.2, -0.15) is 0 Å². The predicted molar refractivity (Wildman–Crippen MR) is 121 cm³/mol. The molecule has 7 nitrogen and oxygen atoms in total. The Morgan fingerprint density at radius 2 is 1.84 bits per heavy atom. The second-order valence-electron chi connectivity index (χ2n) is 7.82. The Hall–Kier alpha value is -3.74. The quantitative estimate of drug-likeness (QED) is 0.520. The van der Waals surface area contributed by atoms with Crippen LogP contribution in [0.2, 0.25) is 0 Å². The van der Waals surface area contributed by atoms with Crippen molar-refractivity contribution in [3.63, 3.8) is 0 Å². The van der Waals surface area contributed by atoms with Gasteiger partial charge in [-0.05, 0) is 68.1 Å². The number of amides is 1. The average molecular weight is 415 g/mol. The first-order valence-electron chi connectivity index (χ1n) is 10.3. The standard InChI is InChI=1S/C24H25N5O2/c1-16-6-4-7-19(14-16)25-22(30)9-5-8-21-26-27-23-24(31)28(12-13-29(21)23)20-11-10-17(2)18(3)15-20/h4,6-7,10-15H,5,8-9H2,1-3H3,(H,25,30). The van der Waals surface area contributed by atoms with Gasteiger partial charge in [0, 0.05) is 36.6 Å². The van der Waals surface area contributed by atoms with Gasteiger partial charge < -0.3 is 5.32 Å². The van der Waals surface area contributed by atoms with Crippen LogP contribution in [-0.4, -0.2) is 25.1 Å². The smallest absolute Gasteiger partial charge is 0.300 e. The summed E-state index contributed by atoms with van der Waals surface area (Å²) in [5, 5.41) is 11.2. The van der Waals surface area contributed by atoms with Gasteiger partial charge in [0.05, 0.1) is 0 Å². The van der Waals surface area contributed by atoms with Gasteiger partial charge in [0.15, 0.2) is 0 Å². The topological polar surface area (TPSA) is 81.3 Å². The normalized spacial score (nSPS) is 11.1. The molecule has 2 heterocycles. The molecule has 0 fully saturated rings. The van der Waals surface area contributed by atoms with E-state index in [1.165, 1.54) is 5.56 Å². The molecule has 0 atom stereocenters. The Labute approximate surface area is 180 Å². The Balaban J connectivity index is 1.46. The lowest BCUT2D eigenvalue weighted by molar-refractivity contribution is -0.116. The minimum Gasteiger partial charge on any atom is -0.326 e. The third-order valence-corrected chi connectivity index (χ3v) is 5.42. The van der Waals surface area contributed by atoms with Gasteiger partial charge in [0.25, 0.3) is 0 Å². The number of hydrogen-bond acceptors (Lipinski definition) is 4. The van der Waals surface area contributed by atoms with Gasteiger partial charge in [-0.15, -0.1) is 10.2 Å². The van der Waals surface area contributed by atoms with Crippen LogP contribution in [0.3, 0.4) is 0 Å². The Kier molecular flexibility index (Phi) is 5.66. The summed E-state index contributed by atoms with van der Waals surface area (Å²) < 4.78 is 3.29. The SMILES string of the molecule is Cc1cccc(NC(=O)CCCc2nnc3c(=O)n(-c4ccc(C)c(C)c4)ccn23)c1. The van der Waals surface area contributed by atoms with Crippen molar-refractivity contribution in [3.8, 4) is 5.69 Å². The number of rotatable bonds is 6. The summed E-state index contributed by atoms with van der Waals surface area (Å²) in [6.45, 7) is 6.05. The fourth-order valence-electron chi connectivity index (χ4n) is 3.54. The van der Waals surface area contributed by atoms with E-state index in [0.717, 1.165) is 22.5 Å². The molecule has 0 bridgehead atoms. The number of fused-ring (bicyclic) bond motifs is 1. The molecule has 158 valence electrons. The molecule has 0 spiro atoms. The number of nitrogens with zero attached hydrogens (tertiary/aromatic N) is 4. The zero-order chi connectivity index (χ0) is 22.0. The van der Waals surface area contributed by atoms with Crippen LogP contribution in [0.25, 0.3) is 11.3 Å². The largest absolute Gasteiger partial charge is 0.326 e. The molecule has 2 aromatic heterocycles. The Morgan fingerprint density at radius 1 is 1.00 bits per heavy atom. The molecule has 4 rings (SSSR count). The summed E-state index contributed by atoms with van der Waals surface area (Å²) >= 11 is 0. The second-order valence-corrected chi connectivity index (χ2v) is 7.82. The van der Waals surface area contributed by atoms with Crippen LogP contribution in [-0.2, 0) is 11.2 Å². The predicted octanol–water partition coefficient (Wildman–Crippen LogP) is 3.77. The second kappa shape index (κ2) is 8.55. The molecule has 0 aliphatic rings. The molecule has 0 aliphatic carbocycles. The van der Waals surface area contributed by atoms with Gasteiger partial charge in [-0.1, -0.05) is 18.2 Å². The van der Waals surface area contributed by atoms with E-state index in [0.29, 0.717) is 25.1 Å². The molecule has 1 amide bonds. The van der Waals surface area contributed by atoms with E-state index in [1.54, 1.807) is 21.4 Å². The summed E-state index contributed by atoms with van der Waals surface area (Å²) in [7, 11) is 0. The van der Waals surface area contributed by atoms with E-state index in [4.69, 9.17) is 0 Å². The van der Waals surface area contributed by atoms with Crippen LogP contribution in [0.1, 0.15) is 35.4 Å². The van der Waals surface area contributed by atoms with Gasteiger partial charge in [-0.25, -0.2) is 0 Å². The number of hydrogen-bond donors (Lipinski definition) is 1. The lowest BCUT2D eigenvalue weighted by Crippen LogP contribution is -2.20. The maximum Gasteiger partial charge on any atom is 0.300 e. The summed E-state index contributed by atoms with van der Waals surface area (Å²) in [5.74, 6) is 0.624. The first-order chi connectivity index (χ1) is 14.9. The van der Waals surface area contributed by atoms with Crippen molar-refractivity contribution >= 4 is 17.2 Å². The highest BCUT2D eigenvalue weighted by molar-refractivity contribution is 5.90. The molecule has 0 saturated heterocycles. The number of carbonyl (C=O) groups is 1. The molecular formula is C24H25N5O2. The van der Waals surface area contributed by atoms with E-state index >= 15 is 0 Å². The van der Waals surface area contributed by atoms with Crippen molar-refractivity contribution in [2.45, 2.75) is 40.0 Å². The van der Waals surface area contributed by atoms with Gasteiger partial charge in [0.1, 0.15) is 5.82 Å². The molecule has 1 N–H and O–H groups in total. The molecule has 2 aromatic carbocycles. The molecule has 0 radical (unpaired) electrons. The van der Waals surface area contributed by atoms with Crippen LogP contribution >= 0.6 is 0 Å². The summed E-state index contributed by atoms with van der Waals surface area (Å²) in [6, 6.07) is 13.6. The van der Waals surface area contributed by atoms with Crippen LogP contribution < -0.4 is 10.9 Å². The lowest BCUT2D eigenvalue weighted by atomic mass is 10.1. The van der Waals surface area contributed by atoms with E-state index in [-0.39, 0.29) is 17.1 Å². The van der Waals surface area contributed by atoms with Gasteiger partial charge in [-0.3, -0.25) is 18.6 Å². The molecular weight excluding hydrogens is 390 g/mol. The summed E-state index contributed by atoms with van der Waals surface area (Å²) in [6.07, 6.45) is 5.06. The number of anilines is 1. The van der Waals surface area contributed by atoms with Gasteiger partial charge in [0.2, 0.25) is 11.6 Å². The minimum absolute atomic E-state index is 0.0449. The van der Waals surface area contributed by atoms with Crippen LogP contribution in [0.15, 0.2) is 59.7 Å². The van der Waals surface area contributed by atoms with Crippen LogP contribution in [0, 0.1) is 20.8 Å². The number of nitrogens with one attached hydrogen (secondary N) is 1. The van der Waals surface area contributed by atoms with Crippen molar-refractivity contribution in [1.29, 1.82) is 0 Å². The average Bonchev–Trinajstić information content (AvgIpc) is 3.14. The highest BCUT2D eigenvalue weighted by Gasteiger charge is 2.12. The maximum absolute atomic E-state index is 12.9. The molecule has 4 aromatic rings. The van der Waals surface area contributed by atoms with Crippen molar-refractivity contribution in [3.05, 3.63) is 87.7 Å². The molecule has 31 heavy (non-hydrogen) atoms. The monoisotopic (exact) mass is 415 g/mol. The van der Waals surface area contributed by atoms with Crippen molar-refractivity contribution < 1.29 is 4.79 Å². The first kappa shape index (κ1) is 20.5. The third kappa shape index (κ3) is 4.40.